The van der Waals surface area contributed by atoms with Crippen molar-refractivity contribution >= 4 is 17.5 Å². The molecule has 6 nitrogen and oxygen atoms in total. The van der Waals surface area contributed by atoms with Crippen LogP contribution in [0, 0.1) is 12.8 Å². The van der Waals surface area contributed by atoms with Crippen molar-refractivity contribution in [2.24, 2.45) is 5.92 Å². The zero-order valence-corrected chi connectivity index (χ0v) is 18.2. The van der Waals surface area contributed by atoms with E-state index in [0.717, 1.165) is 32.5 Å². The van der Waals surface area contributed by atoms with Gasteiger partial charge < -0.3 is 15.0 Å². The Morgan fingerprint density at radius 2 is 1.65 bits per heavy atom. The number of carbonyl (C=O) groups excluding carboxylic acids is 2. The second-order valence-corrected chi connectivity index (χ2v) is 8.48. The van der Waals surface area contributed by atoms with Crippen molar-refractivity contribution in [2.45, 2.75) is 26.3 Å². The summed E-state index contributed by atoms with van der Waals surface area (Å²) in [6, 6.07) is 15.9. The number of morpholine rings is 1. The minimum absolute atomic E-state index is 0.0113. The molecule has 0 aliphatic carbocycles. The first-order valence-electron chi connectivity index (χ1n) is 11.1. The van der Waals surface area contributed by atoms with Crippen molar-refractivity contribution in [2.75, 3.05) is 44.7 Å². The Balaban J connectivity index is 1.33. The first-order valence-corrected chi connectivity index (χ1v) is 11.1. The summed E-state index contributed by atoms with van der Waals surface area (Å²) in [5, 5.41) is 3.03. The number of nitrogens with zero attached hydrogens (tertiary/aromatic N) is 2. The van der Waals surface area contributed by atoms with Gasteiger partial charge >= 0.3 is 0 Å². The molecule has 2 aliphatic rings. The molecule has 1 N–H and O–H groups in total. The largest absolute Gasteiger partial charge is 0.378 e. The molecular weight excluding hydrogens is 390 g/mol. The molecule has 2 aromatic carbocycles. The molecule has 2 heterocycles. The van der Waals surface area contributed by atoms with Crippen LogP contribution in [0.3, 0.4) is 0 Å². The summed E-state index contributed by atoms with van der Waals surface area (Å²) >= 11 is 0. The maximum absolute atomic E-state index is 12.9. The third-order valence-corrected chi connectivity index (χ3v) is 6.20. The van der Waals surface area contributed by atoms with Gasteiger partial charge in [0.2, 0.25) is 5.91 Å². The lowest BCUT2D eigenvalue weighted by molar-refractivity contribution is -0.121. The summed E-state index contributed by atoms with van der Waals surface area (Å²) in [6.45, 7) is 7.11. The third-order valence-electron chi connectivity index (χ3n) is 6.20. The number of piperidine rings is 1. The van der Waals surface area contributed by atoms with E-state index in [1.54, 1.807) is 11.0 Å². The number of benzene rings is 2. The predicted octanol–water partition coefficient (Wildman–Crippen LogP) is 3.32. The summed E-state index contributed by atoms with van der Waals surface area (Å²) in [5.74, 6) is -0.0647. The van der Waals surface area contributed by atoms with Crippen LogP contribution in [0.1, 0.15) is 34.3 Å². The van der Waals surface area contributed by atoms with Crippen LogP contribution in [0.5, 0.6) is 0 Å². The van der Waals surface area contributed by atoms with Gasteiger partial charge in [-0.15, -0.1) is 0 Å². The smallest absolute Gasteiger partial charge is 0.256 e. The van der Waals surface area contributed by atoms with Crippen LogP contribution in [0.25, 0.3) is 0 Å². The second-order valence-electron chi connectivity index (χ2n) is 8.48. The van der Waals surface area contributed by atoms with E-state index in [1.807, 2.05) is 18.2 Å². The maximum Gasteiger partial charge on any atom is 0.256 e. The fraction of sp³-hybridized carbons (Fsp3) is 0.440. The van der Waals surface area contributed by atoms with Crippen molar-refractivity contribution in [1.82, 2.24) is 9.80 Å². The van der Waals surface area contributed by atoms with Crippen LogP contribution in [0.15, 0.2) is 48.5 Å². The van der Waals surface area contributed by atoms with E-state index >= 15 is 0 Å². The van der Waals surface area contributed by atoms with Gasteiger partial charge in [-0.2, -0.15) is 0 Å². The lowest BCUT2D eigenvalue weighted by Crippen LogP contribution is -2.41. The van der Waals surface area contributed by atoms with Crippen molar-refractivity contribution in [3.8, 4) is 0 Å². The van der Waals surface area contributed by atoms with Crippen LogP contribution in [-0.4, -0.2) is 61.0 Å². The highest BCUT2D eigenvalue weighted by Gasteiger charge is 2.27. The summed E-state index contributed by atoms with van der Waals surface area (Å²) in [5.41, 5.74) is 3.73. The molecule has 0 bridgehead atoms. The molecule has 4 rings (SSSR count). The van der Waals surface area contributed by atoms with Crippen molar-refractivity contribution < 1.29 is 14.3 Å². The van der Waals surface area contributed by atoms with E-state index in [4.69, 9.17) is 4.74 Å². The minimum Gasteiger partial charge on any atom is -0.378 e. The van der Waals surface area contributed by atoms with Crippen molar-refractivity contribution in [3.05, 3.63) is 65.2 Å². The first-order chi connectivity index (χ1) is 15.1. The van der Waals surface area contributed by atoms with Gasteiger partial charge in [-0.05, 0) is 50.6 Å². The maximum atomic E-state index is 12.9. The van der Waals surface area contributed by atoms with Crippen LogP contribution in [-0.2, 0) is 16.1 Å². The zero-order chi connectivity index (χ0) is 21.6. The van der Waals surface area contributed by atoms with Gasteiger partial charge in [0.05, 0.1) is 24.5 Å². The van der Waals surface area contributed by atoms with Gasteiger partial charge in [0, 0.05) is 25.6 Å². The number of hydrogen-bond donors (Lipinski definition) is 1. The molecule has 0 radical (unpaired) electrons. The number of nitrogens with one attached hydrogen (secondary N) is 1. The number of para-hydroxylation sites is 1. The van der Waals surface area contributed by atoms with E-state index in [1.165, 1.54) is 11.1 Å². The third kappa shape index (κ3) is 5.51. The van der Waals surface area contributed by atoms with Crippen LogP contribution in [0.4, 0.5) is 5.69 Å². The second kappa shape index (κ2) is 10.1. The number of amides is 2. The van der Waals surface area contributed by atoms with Crippen LogP contribution >= 0.6 is 0 Å². The fourth-order valence-electron chi connectivity index (χ4n) is 4.26. The number of aryl methyl sites for hydroxylation is 1. The molecule has 0 saturated carbocycles. The van der Waals surface area contributed by atoms with Crippen molar-refractivity contribution in [1.29, 1.82) is 0 Å². The van der Waals surface area contributed by atoms with Gasteiger partial charge in [-0.3, -0.25) is 14.5 Å². The van der Waals surface area contributed by atoms with E-state index in [2.05, 4.69) is 41.4 Å². The molecule has 31 heavy (non-hydrogen) atoms. The predicted molar refractivity (Wildman–Crippen MR) is 121 cm³/mol. The molecule has 2 aromatic rings. The highest BCUT2D eigenvalue weighted by molar-refractivity contribution is 6.04. The molecule has 164 valence electrons. The van der Waals surface area contributed by atoms with Gasteiger partial charge in [-0.1, -0.05) is 42.0 Å². The summed E-state index contributed by atoms with van der Waals surface area (Å²) < 4.78 is 5.34. The van der Waals surface area contributed by atoms with E-state index in [9.17, 15) is 9.59 Å². The average Bonchev–Trinajstić information content (AvgIpc) is 2.81. The van der Waals surface area contributed by atoms with E-state index in [0.29, 0.717) is 37.6 Å². The lowest BCUT2D eigenvalue weighted by Gasteiger charge is -2.31. The molecule has 2 fully saturated rings. The van der Waals surface area contributed by atoms with Crippen LogP contribution in [0.2, 0.25) is 0 Å². The summed E-state index contributed by atoms with van der Waals surface area (Å²) in [6.07, 6.45) is 1.66. The van der Waals surface area contributed by atoms with Crippen molar-refractivity contribution in [3.63, 3.8) is 0 Å². The Kier molecular flexibility index (Phi) is 6.99. The molecule has 2 amide bonds. The number of ether oxygens (including phenoxy) is 1. The molecule has 0 spiro atoms. The molecule has 0 unspecified atom stereocenters. The first kappa shape index (κ1) is 21.5. The number of carbonyl (C=O) groups is 2. The standard InChI is InChI=1S/C25H31N3O3/c1-19-6-8-20(9-7-19)18-27-12-10-21(11-13-27)24(29)26-23-5-3-2-4-22(23)25(30)28-14-16-31-17-15-28/h2-9,21H,10-18H2,1H3,(H,26,29). The molecule has 2 saturated heterocycles. The fourth-order valence-corrected chi connectivity index (χ4v) is 4.26. The van der Waals surface area contributed by atoms with E-state index in [-0.39, 0.29) is 17.7 Å². The topological polar surface area (TPSA) is 61.9 Å². The summed E-state index contributed by atoms with van der Waals surface area (Å²) in [7, 11) is 0. The molecule has 0 aromatic heterocycles. The average molecular weight is 422 g/mol. The quantitative estimate of drug-likeness (QED) is 0.805. The molecule has 2 aliphatic heterocycles. The Morgan fingerprint density at radius 3 is 2.35 bits per heavy atom. The molecular formula is C25H31N3O3. The Labute approximate surface area is 184 Å². The normalized spacial score (nSPS) is 18.0. The Morgan fingerprint density at radius 1 is 0.968 bits per heavy atom. The van der Waals surface area contributed by atoms with Gasteiger partial charge in [-0.25, -0.2) is 0 Å². The zero-order valence-electron chi connectivity index (χ0n) is 18.2. The lowest BCUT2D eigenvalue weighted by atomic mass is 9.95. The highest BCUT2D eigenvalue weighted by Crippen LogP contribution is 2.23. The SMILES string of the molecule is Cc1ccc(CN2CCC(C(=O)Nc3ccccc3C(=O)N3CCOCC3)CC2)cc1. The Hall–Kier alpha value is -2.70. The minimum atomic E-state index is -0.0490. The summed E-state index contributed by atoms with van der Waals surface area (Å²) in [4.78, 5) is 30.1. The van der Waals surface area contributed by atoms with Gasteiger partial charge in [0.1, 0.15) is 0 Å². The Bertz CT molecular complexity index is 898. The highest BCUT2D eigenvalue weighted by atomic mass is 16.5. The number of rotatable bonds is 5. The number of anilines is 1. The number of hydrogen-bond acceptors (Lipinski definition) is 4. The number of likely N-dealkylation sites (tertiary alicyclic amines) is 1. The van der Waals surface area contributed by atoms with Crippen LogP contribution < -0.4 is 5.32 Å². The molecule has 0 atom stereocenters. The monoisotopic (exact) mass is 421 g/mol. The van der Waals surface area contributed by atoms with E-state index < -0.39 is 0 Å². The van der Waals surface area contributed by atoms with Gasteiger partial charge in [0.25, 0.3) is 5.91 Å². The molecule has 6 heteroatoms. The van der Waals surface area contributed by atoms with Gasteiger partial charge in [0.15, 0.2) is 0 Å².